The SMILES string of the molecule is CP.N#Cc1cnc2[nH]c(O)cc2c1. The molecule has 0 saturated heterocycles. The molecule has 2 aromatic heterocycles. The molecule has 0 radical (unpaired) electrons. The van der Waals surface area contributed by atoms with Gasteiger partial charge in [0.15, 0.2) is 5.88 Å². The minimum absolute atomic E-state index is 0.0626. The van der Waals surface area contributed by atoms with Crippen LogP contribution in [0.4, 0.5) is 0 Å². The van der Waals surface area contributed by atoms with Gasteiger partial charge in [-0.3, -0.25) is 0 Å². The molecule has 0 aliphatic rings. The van der Waals surface area contributed by atoms with Crippen molar-refractivity contribution in [3.05, 3.63) is 23.9 Å². The zero-order valence-corrected chi connectivity index (χ0v) is 8.81. The van der Waals surface area contributed by atoms with Crippen molar-refractivity contribution in [1.82, 2.24) is 9.97 Å². The number of hydrogen-bond acceptors (Lipinski definition) is 3. The maximum atomic E-state index is 9.04. The van der Waals surface area contributed by atoms with Crippen molar-refractivity contribution in [2.45, 2.75) is 0 Å². The molecule has 2 N–H and O–H groups in total. The topological polar surface area (TPSA) is 72.7 Å². The molecule has 0 saturated carbocycles. The number of pyridine rings is 1. The van der Waals surface area contributed by atoms with Crippen molar-refractivity contribution < 1.29 is 5.11 Å². The molecule has 4 nitrogen and oxygen atoms in total. The minimum atomic E-state index is 0.0626. The van der Waals surface area contributed by atoms with E-state index in [4.69, 9.17) is 10.4 Å². The summed E-state index contributed by atoms with van der Waals surface area (Å²) in [6.07, 6.45) is 1.46. The molecule has 0 aliphatic carbocycles. The van der Waals surface area contributed by atoms with Gasteiger partial charge in [-0.1, -0.05) is 6.66 Å². The van der Waals surface area contributed by atoms with E-state index in [-0.39, 0.29) is 5.88 Å². The van der Waals surface area contributed by atoms with Gasteiger partial charge in [0.1, 0.15) is 11.7 Å². The van der Waals surface area contributed by atoms with Gasteiger partial charge in [0.25, 0.3) is 0 Å². The van der Waals surface area contributed by atoms with Crippen LogP contribution in [0.2, 0.25) is 0 Å². The van der Waals surface area contributed by atoms with E-state index in [0.29, 0.717) is 11.2 Å². The van der Waals surface area contributed by atoms with Gasteiger partial charge in [-0.25, -0.2) is 4.98 Å². The van der Waals surface area contributed by atoms with Gasteiger partial charge >= 0.3 is 0 Å². The molecule has 14 heavy (non-hydrogen) atoms. The molecule has 0 fully saturated rings. The smallest absolute Gasteiger partial charge is 0.190 e. The highest BCUT2D eigenvalue weighted by molar-refractivity contribution is 7.15. The molecule has 0 aliphatic heterocycles. The van der Waals surface area contributed by atoms with Gasteiger partial charge in [-0.05, 0) is 6.07 Å². The first-order valence-corrected chi connectivity index (χ1v) is 5.10. The lowest BCUT2D eigenvalue weighted by Gasteiger charge is -1.87. The molecular weight excluding hydrogens is 197 g/mol. The summed E-state index contributed by atoms with van der Waals surface area (Å²) >= 11 is 0. The van der Waals surface area contributed by atoms with E-state index in [0.717, 1.165) is 5.39 Å². The first-order chi connectivity index (χ1) is 6.79. The second-order valence-corrected chi connectivity index (χ2v) is 2.43. The summed E-state index contributed by atoms with van der Waals surface area (Å²) in [7, 11) is 2.42. The van der Waals surface area contributed by atoms with Crippen molar-refractivity contribution in [3.63, 3.8) is 0 Å². The van der Waals surface area contributed by atoms with E-state index in [2.05, 4.69) is 19.2 Å². The number of aromatic nitrogens is 2. The Hall–Kier alpha value is -1.59. The summed E-state index contributed by atoms with van der Waals surface area (Å²) in [6, 6.07) is 5.17. The molecule has 0 spiro atoms. The van der Waals surface area contributed by atoms with Crippen LogP contribution >= 0.6 is 9.24 Å². The van der Waals surface area contributed by atoms with Crippen LogP contribution < -0.4 is 0 Å². The predicted molar refractivity (Wildman–Crippen MR) is 58.1 cm³/mol. The third-order valence-electron chi connectivity index (χ3n) is 1.58. The fraction of sp³-hybridized carbons (Fsp3) is 0.111. The Kier molecular flexibility index (Phi) is 3.44. The van der Waals surface area contributed by atoms with Crippen LogP contribution in [0.5, 0.6) is 5.88 Å². The van der Waals surface area contributed by atoms with Crippen molar-refractivity contribution in [1.29, 1.82) is 5.26 Å². The number of nitrogens with one attached hydrogen (secondary N) is 1. The molecule has 2 heterocycles. The Morgan fingerprint density at radius 2 is 2.21 bits per heavy atom. The second-order valence-electron chi connectivity index (χ2n) is 2.43. The van der Waals surface area contributed by atoms with Gasteiger partial charge in [0.2, 0.25) is 0 Å². The molecule has 72 valence electrons. The number of nitrogens with zero attached hydrogens (tertiary/aromatic N) is 2. The summed E-state index contributed by atoms with van der Waals surface area (Å²) in [5, 5.41) is 18.3. The van der Waals surface area contributed by atoms with Crippen molar-refractivity contribution >= 4 is 20.3 Å². The van der Waals surface area contributed by atoms with E-state index in [1.807, 2.05) is 12.7 Å². The maximum absolute atomic E-state index is 9.04. The third-order valence-corrected chi connectivity index (χ3v) is 1.58. The van der Waals surface area contributed by atoms with Crippen LogP contribution in [-0.4, -0.2) is 21.7 Å². The number of H-pyrrole nitrogens is 1. The Labute approximate surface area is 83.8 Å². The van der Waals surface area contributed by atoms with E-state index in [1.165, 1.54) is 12.3 Å². The monoisotopic (exact) mass is 207 g/mol. The van der Waals surface area contributed by atoms with Gasteiger partial charge in [0.05, 0.1) is 5.56 Å². The molecule has 1 atom stereocenters. The van der Waals surface area contributed by atoms with Crippen LogP contribution in [-0.2, 0) is 0 Å². The van der Waals surface area contributed by atoms with Crippen LogP contribution in [0.15, 0.2) is 18.3 Å². The van der Waals surface area contributed by atoms with Crippen molar-refractivity contribution in [3.8, 4) is 11.9 Å². The van der Waals surface area contributed by atoms with Gasteiger partial charge in [0, 0.05) is 17.6 Å². The van der Waals surface area contributed by atoms with E-state index >= 15 is 0 Å². The first-order valence-electron chi connectivity index (χ1n) is 3.95. The summed E-state index contributed by atoms with van der Waals surface area (Å²) in [6.45, 7) is 1.92. The molecule has 0 bridgehead atoms. The number of fused-ring (bicyclic) bond motifs is 1. The Morgan fingerprint density at radius 3 is 2.86 bits per heavy atom. The maximum Gasteiger partial charge on any atom is 0.190 e. The third kappa shape index (κ3) is 2.01. The van der Waals surface area contributed by atoms with Gasteiger partial charge < -0.3 is 10.1 Å². The summed E-state index contributed by atoms with van der Waals surface area (Å²) in [5.74, 6) is 0.0626. The van der Waals surface area contributed by atoms with Crippen molar-refractivity contribution in [2.24, 2.45) is 0 Å². The van der Waals surface area contributed by atoms with E-state index < -0.39 is 0 Å². The van der Waals surface area contributed by atoms with Crippen molar-refractivity contribution in [2.75, 3.05) is 6.66 Å². The largest absolute Gasteiger partial charge is 0.495 e. The van der Waals surface area contributed by atoms with Crippen LogP contribution in [0, 0.1) is 11.3 Å². The highest BCUT2D eigenvalue weighted by Gasteiger charge is 2.00. The number of nitriles is 1. The number of rotatable bonds is 0. The van der Waals surface area contributed by atoms with E-state index in [9.17, 15) is 0 Å². The van der Waals surface area contributed by atoms with Crippen LogP contribution in [0.1, 0.15) is 5.56 Å². The zero-order valence-electron chi connectivity index (χ0n) is 7.65. The fourth-order valence-electron chi connectivity index (χ4n) is 1.06. The minimum Gasteiger partial charge on any atom is -0.495 e. The van der Waals surface area contributed by atoms with E-state index in [1.54, 1.807) is 6.07 Å². The quantitative estimate of drug-likeness (QED) is 0.645. The van der Waals surface area contributed by atoms with Gasteiger partial charge in [-0.2, -0.15) is 5.26 Å². The van der Waals surface area contributed by atoms with Gasteiger partial charge in [-0.15, -0.1) is 9.24 Å². The first kappa shape index (κ1) is 10.5. The summed E-state index contributed by atoms with van der Waals surface area (Å²) < 4.78 is 0. The Bertz CT molecular complexity index is 472. The molecule has 0 aromatic carbocycles. The average Bonchev–Trinajstić information content (AvgIpc) is 2.59. The molecule has 0 amide bonds. The normalized spacial score (nSPS) is 8.93. The summed E-state index contributed by atoms with van der Waals surface area (Å²) in [5.41, 5.74) is 1.08. The second kappa shape index (κ2) is 4.59. The molecule has 2 aromatic rings. The Morgan fingerprint density at radius 1 is 1.50 bits per heavy atom. The molecule has 1 unspecified atom stereocenters. The van der Waals surface area contributed by atoms with Crippen LogP contribution in [0.3, 0.4) is 0 Å². The highest BCUT2D eigenvalue weighted by Crippen LogP contribution is 2.17. The number of aromatic amines is 1. The lowest BCUT2D eigenvalue weighted by atomic mass is 10.2. The predicted octanol–water partition coefficient (Wildman–Crippen LogP) is 1.63. The Balaban J connectivity index is 0.000000461. The fourth-order valence-corrected chi connectivity index (χ4v) is 1.06. The summed E-state index contributed by atoms with van der Waals surface area (Å²) in [4.78, 5) is 6.58. The molecular formula is C9H10N3OP. The van der Waals surface area contributed by atoms with Crippen LogP contribution in [0.25, 0.3) is 11.0 Å². The lowest BCUT2D eigenvalue weighted by Crippen LogP contribution is -1.78. The molecule has 2 rings (SSSR count). The standard InChI is InChI=1S/C8H5N3O.CH5P/c9-3-5-1-6-2-7(12)11-8(6)10-4-5;1-2/h1-2,4,12H,(H,10,11);2H2,1H3. The highest BCUT2D eigenvalue weighted by atomic mass is 31.0. The number of hydrogen-bond donors (Lipinski definition) is 2. The number of aromatic hydroxyl groups is 1. The average molecular weight is 207 g/mol. The zero-order chi connectivity index (χ0) is 10.6. The molecule has 5 heteroatoms. The lowest BCUT2D eigenvalue weighted by molar-refractivity contribution is 0.458.